The summed E-state index contributed by atoms with van der Waals surface area (Å²) < 4.78 is 56.0. The number of benzene rings is 1. The molecule has 0 spiro atoms. The number of nitrogens with two attached hydrogens (primary N) is 2. The lowest BCUT2D eigenvalue weighted by Gasteiger charge is -2.26. The molecule has 0 unspecified atom stereocenters. The van der Waals surface area contributed by atoms with Gasteiger partial charge in [0.1, 0.15) is 23.1 Å². The minimum atomic E-state index is -4.36. The first-order chi connectivity index (χ1) is 17.6. The molecule has 0 amide bonds. The average Bonchev–Trinajstić information content (AvgIpc) is 3.20. The number of allylic oxidation sites excluding steroid dienone is 1. The zero-order chi connectivity index (χ0) is 26.7. The lowest BCUT2D eigenvalue weighted by Crippen LogP contribution is -2.32. The van der Waals surface area contributed by atoms with Crippen molar-refractivity contribution < 1.29 is 17.6 Å². The van der Waals surface area contributed by atoms with Crippen LogP contribution in [0.1, 0.15) is 18.4 Å². The number of fused-ring (bicyclic) bond motifs is 1. The van der Waals surface area contributed by atoms with Crippen LogP contribution in [0.25, 0.3) is 27.7 Å². The van der Waals surface area contributed by atoms with Crippen LogP contribution >= 0.6 is 11.9 Å². The summed E-state index contributed by atoms with van der Waals surface area (Å²) in [7, 11) is 3.82. The quantitative estimate of drug-likeness (QED) is 0.233. The van der Waals surface area contributed by atoms with Crippen LogP contribution < -0.4 is 16.2 Å². The van der Waals surface area contributed by atoms with Crippen molar-refractivity contribution in [1.29, 1.82) is 0 Å². The molecule has 13 heteroatoms. The van der Waals surface area contributed by atoms with Crippen LogP contribution in [0.15, 0.2) is 35.6 Å². The number of hydrogen-bond acceptors (Lipinski definition) is 8. The molecule has 3 aromatic rings. The summed E-state index contributed by atoms with van der Waals surface area (Å²) in [5.41, 5.74) is 14.9. The van der Waals surface area contributed by atoms with E-state index in [1.165, 1.54) is 18.3 Å². The van der Waals surface area contributed by atoms with E-state index in [1.807, 2.05) is 0 Å². The van der Waals surface area contributed by atoms with Crippen LogP contribution in [0, 0.1) is 5.82 Å². The van der Waals surface area contributed by atoms with Crippen LogP contribution in [-0.4, -0.2) is 64.0 Å². The smallest absolute Gasteiger partial charge is 0.399 e. The summed E-state index contributed by atoms with van der Waals surface area (Å²) in [5.74, 6) is -1.67. The topological polar surface area (TPSA) is 110 Å². The Morgan fingerprint density at radius 2 is 2.00 bits per heavy atom. The number of aryl methyl sites for hydroxylation is 1. The zero-order valence-corrected chi connectivity index (χ0v) is 21.2. The predicted octanol–water partition coefficient (Wildman–Crippen LogP) is 4.44. The molecule has 1 aliphatic heterocycles. The molecular weight excluding hydrogens is 508 g/mol. The molecule has 3 heterocycles. The Morgan fingerprint density at radius 1 is 1.27 bits per heavy atom. The normalized spacial score (nSPS) is 16.2. The second kappa shape index (κ2) is 11.0. The van der Waals surface area contributed by atoms with Gasteiger partial charge in [0.2, 0.25) is 0 Å². The number of nitrogens with one attached hydrogen (secondary N) is 1. The molecule has 198 valence electrons. The molecule has 1 aromatic carbocycles. The van der Waals surface area contributed by atoms with Gasteiger partial charge in [-0.1, -0.05) is 6.07 Å². The number of rotatable bonds is 7. The van der Waals surface area contributed by atoms with E-state index < -0.39 is 17.7 Å². The van der Waals surface area contributed by atoms with E-state index in [0.29, 0.717) is 45.2 Å². The fourth-order valence-corrected chi connectivity index (χ4v) is 4.78. The van der Waals surface area contributed by atoms with Gasteiger partial charge in [-0.05, 0) is 57.1 Å². The van der Waals surface area contributed by atoms with Gasteiger partial charge in [-0.2, -0.15) is 18.3 Å². The molecule has 0 bridgehead atoms. The highest BCUT2D eigenvalue weighted by Crippen LogP contribution is 2.36. The van der Waals surface area contributed by atoms with Gasteiger partial charge in [-0.3, -0.25) is 9.67 Å². The summed E-state index contributed by atoms with van der Waals surface area (Å²) in [6, 6.07) is 4.33. The highest BCUT2D eigenvalue weighted by Gasteiger charge is 2.27. The minimum absolute atomic E-state index is 0.0662. The number of aliphatic imine (C=N–C) groups is 1. The third-order valence-corrected chi connectivity index (χ3v) is 6.99. The molecule has 4 rings (SSSR count). The zero-order valence-electron chi connectivity index (χ0n) is 20.4. The minimum Gasteiger partial charge on any atom is -0.404 e. The van der Waals surface area contributed by atoms with E-state index in [4.69, 9.17) is 16.5 Å². The third kappa shape index (κ3) is 6.16. The van der Waals surface area contributed by atoms with E-state index in [0.717, 1.165) is 25.9 Å². The number of pyridine rings is 1. The molecule has 0 aliphatic carbocycles. The van der Waals surface area contributed by atoms with Gasteiger partial charge in [0.15, 0.2) is 0 Å². The molecular formula is C24H28F4N8S. The van der Waals surface area contributed by atoms with Crippen LogP contribution in [0.2, 0.25) is 0 Å². The Balaban J connectivity index is 1.66. The molecule has 37 heavy (non-hydrogen) atoms. The number of piperidine rings is 1. The van der Waals surface area contributed by atoms with Gasteiger partial charge < -0.3 is 21.1 Å². The molecule has 0 saturated carbocycles. The van der Waals surface area contributed by atoms with Crippen molar-refractivity contribution in [2.45, 2.75) is 25.1 Å². The summed E-state index contributed by atoms with van der Waals surface area (Å²) in [4.78, 5) is 11.3. The highest BCUT2D eigenvalue weighted by atomic mass is 32.2. The van der Waals surface area contributed by atoms with Crippen LogP contribution in [0.5, 0.6) is 0 Å². The van der Waals surface area contributed by atoms with Crippen molar-refractivity contribution in [3.8, 4) is 11.3 Å². The highest BCUT2D eigenvalue weighted by molar-refractivity contribution is 8.00. The van der Waals surface area contributed by atoms with E-state index in [-0.39, 0.29) is 17.5 Å². The van der Waals surface area contributed by atoms with E-state index >= 15 is 0 Å². The molecule has 0 atom stereocenters. The van der Waals surface area contributed by atoms with E-state index in [9.17, 15) is 17.6 Å². The summed E-state index contributed by atoms with van der Waals surface area (Å²) >= 11 is 0.363. The van der Waals surface area contributed by atoms with Gasteiger partial charge in [-0.25, -0.2) is 9.37 Å². The Labute approximate surface area is 215 Å². The summed E-state index contributed by atoms with van der Waals surface area (Å²) in [6.45, 7) is 1.96. The van der Waals surface area contributed by atoms with Crippen LogP contribution in [0.3, 0.4) is 0 Å². The van der Waals surface area contributed by atoms with Crippen molar-refractivity contribution in [1.82, 2.24) is 19.7 Å². The molecule has 1 aliphatic rings. The lowest BCUT2D eigenvalue weighted by atomic mass is 10.0. The Bertz CT molecular complexity index is 1330. The number of aromatic nitrogens is 3. The predicted molar refractivity (Wildman–Crippen MR) is 142 cm³/mol. The van der Waals surface area contributed by atoms with Crippen molar-refractivity contribution >= 4 is 46.1 Å². The third-order valence-electron chi connectivity index (χ3n) is 6.15. The second-order valence-corrected chi connectivity index (χ2v) is 9.67. The van der Waals surface area contributed by atoms with Gasteiger partial charge in [0, 0.05) is 42.4 Å². The number of alkyl halides is 3. The standard InChI is InChI=1S/C24H28F4N8S/c1-35-7-5-16(6-8-35)31-11-15(10-29)17-12-32-23(30)20-21(33-36(2)22(17)20)14-3-4-19(18(25)9-14)34-37-13-24(26,27)28/h3-4,9-12,16,34H,5-8,13,29H2,1-2H3,(H2,30,32)/b15-10+,31-11?. The first-order valence-corrected chi connectivity index (χ1v) is 12.6. The number of halogens is 4. The van der Waals surface area contributed by atoms with Crippen LogP contribution in [0.4, 0.5) is 29.1 Å². The maximum absolute atomic E-state index is 14.7. The number of nitrogen functional groups attached to an aromatic ring is 1. The summed E-state index contributed by atoms with van der Waals surface area (Å²) in [6.07, 6.45) is 2.36. The molecule has 8 nitrogen and oxygen atoms in total. The fourth-order valence-electron chi connectivity index (χ4n) is 4.22. The molecule has 2 aromatic heterocycles. The first kappa shape index (κ1) is 26.7. The maximum atomic E-state index is 14.7. The Kier molecular flexibility index (Phi) is 7.93. The van der Waals surface area contributed by atoms with Crippen LogP contribution in [-0.2, 0) is 7.05 Å². The van der Waals surface area contributed by atoms with E-state index in [2.05, 4.69) is 26.8 Å². The summed E-state index contributed by atoms with van der Waals surface area (Å²) in [5, 5.41) is 5.07. The second-order valence-electron chi connectivity index (χ2n) is 8.89. The number of nitrogens with zero attached hydrogens (tertiary/aromatic N) is 5. The van der Waals surface area contributed by atoms with Gasteiger partial charge in [0.05, 0.1) is 22.6 Å². The molecule has 5 N–H and O–H groups in total. The molecule has 1 fully saturated rings. The Morgan fingerprint density at radius 3 is 2.65 bits per heavy atom. The number of anilines is 2. The lowest BCUT2D eigenvalue weighted by molar-refractivity contribution is -0.105. The van der Waals surface area contributed by atoms with Gasteiger partial charge >= 0.3 is 6.18 Å². The van der Waals surface area contributed by atoms with Crippen molar-refractivity contribution in [2.24, 2.45) is 17.8 Å². The first-order valence-electron chi connectivity index (χ1n) is 11.6. The maximum Gasteiger partial charge on any atom is 0.399 e. The monoisotopic (exact) mass is 536 g/mol. The largest absolute Gasteiger partial charge is 0.404 e. The van der Waals surface area contributed by atoms with Gasteiger partial charge in [-0.15, -0.1) is 0 Å². The molecule has 0 radical (unpaired) electrons. The fraction of sp³-hybridized carbons (Fsp3) is 0.375. The Hall–Kier alpha value is -3.32. The van der Waals surface area contributed by atoms with Crippen molar-refractivity contribution in [2.75, 3.05) is 36.3 Å². The number of likely N-dealkylation sites (tertiary alicyclic amines) is 1. The van der Waals surface area contributed by atoms with Gasteiger partial charge in [0.25, 0.3) is 0 Å². The molecule has 1 saturated heterocycles. The average molecular weight is 537 g/mol. The van der Waals surface area contributed by atoms with Crippen molar-refractivity contribution in [3.05, 3.63) is 42.0 Å². The SMILES string of the molecule is CN1CCC(N=C/C(=C\N)c2cnc(N)c3c(-c4ccc(NSCC(F)(F)F)c(F)c4)nn(C)c23)CC1. The van der Waals surface area contributed by atoms with E-state index in [1.54, 1.807) is 30.2 Å². The van der Waals surface area contributed by atoms with Crippen molar-refractivity contribution in [3.63, 3.8) is 0 Å². The number of hydrogen-bond donors (Lipinski definition) is 3.